The number of hydrogen-bond acceptors (Lipinski definition) is 2. The quantitative estimate of drug-likeness (QED) is 0.751. The monoisotopic (exact) mass is 266 g/mol. The van der Waals surface area contributed by atoms with E-state index in [0.717, 1.165) is 19.3 Å². The van der Waals surface area contributed by atoms with Gasteiger partial charge in [-0.25, -0.2) is 9.59 Å². The minimum Gasteiger partial charge on any atom is -0.480 e. The number of carboxylic acid groups (broad SMARTS) is 1. The van der Waals surface area contributed by atoms with Gasteiger partial charge < -0.3 is 15.3 Å². The van der Waals surface area contributed by atoms with Gasteiger partial charge in [-0.05, 0) is 38.0 Å². The average molecular weight is 266 g/mol. The van der Waals surface area contributed by atoms with E-state index in [1.54, 1.807) is 4.90 Å². The van der Waals surface area contributed by atoms with Crippen LogP contribution in [0.1, 0.15) is 39.0 Å². The summed E-state index contributed by atoms with van der Waals surface area (Å²) in [5.41, 5.74) is -1.06. The molecule has 1 fully saturated rings. The lowest BCUT2D eigenvalue weighted by Crippen LogP contribution is -2.59. The molecule has 2 amide bonds. The van der Waals surface area contributed by atoms with Gasteiger partial charge in [-0.2, -0.15) is 0 Å². The molecule has 0 radical (unpaired) electrons. The van der Waals surface area contributed by atoms with Crippen molar-refractivity contribution in [3.63, 3.8) is 0 Å². The minimum atomic E-state index is -1.06. The van der Waals surface area contributed by atoms with E-state index in [0.29, 0.717) is 31.8 Å². The Labute approximate surface area is 113 Å². The van der Waals surface area contributed by atoms with Gasteiger partial charge in [-0.3, -0.25) is 0 Å². The number of nitrogens with one attached hydrogen (secondary N) is 1. The second-order valence-corrected chi connectivity index (χ2v) is 5.71. The molecule has 0 atom stereocenters. The Morgan fingerprint density at radius 1 is 1.32 bits per heavy atom. The first-order valence-electron chi connectivity index (χ1n) is 6.99. The molecule has 0 unspecified atom stereocenters. The van der Waals surface area contributed by atoms with Crippen LogP contribution < -0.4 is 5.32 Å². The zero-order valence-corrected chi connectivity index (χ0v) is 11.4. The zero-order chi connectivity index (χ0) is 13.9. The highest BCUT2D eigenvalue weighted by Gasteiger charge is 2.43. The van der Waals surface area contributed by atoms with Crippen molar-refractivity contribution in [3.05, 3.63) is 12.2 Å². The summed E-state index contributed by atoms with van der Waals surface area (Å²) in [6.07, 6.45) is 7.58. The SMILES string of the molecule is CC1CCC(NC(=O)N2CC=CCC2)(C(=O)O)CC1. The number of hydrogen-bond donors (Lipinski definition) is 2. The summed E-state index contributed by atoms with van der Waals surface area (Å²) in [5.74, 6) is -0.359. The second kappa shape index (κ2) is 5.63. The van der Waals surface area contributed by atoms with Crippen LogP contribution in [0.5, 0.6) is 0 Å². The predicted octanol–water partition coefficient (Wildman–Crippen LogP) is 1.99. The third-order valence-electron chi connectivity index (χ3n) is 4.23. The van der Waals surface area contributed by atoms with Crippen molar-refractivity contribution in [2.45, 2.75) is 44.6 Å². The molecule has 0 aromatic carbocycles. The normalized spacial score (nSPS) is 31.0. The van der Waals surface area contributed by atoms with Gasteiger partial charge in [0.25, 0.3) is 0 Å². The number of carbonyl (C=O) groups excluding carboxylic acids is 1. The molecule has 0 bridgehead atoms. The van der Waals surface area contributed by atoms with Crippen molar-refractivity contribution < 1.29 is 14.7 Å². The maximum atomic E-state index is 12.2. The lowest BCUT2D eigenvalue weighted by molar-refractivity contribution is -0.146. The first-order chi connectivity index (χ1) is 9.03. The summed E-state index contributed by atoms with van der Waals surface area (Å²) in [4.78, 5) is 25.4. The Hall–Kier alpha value is -1.52. The highest BCUT2D eigenvalue weighted by molar-refractivity contribution is 5.86. The largest absolute Gasteiger partial charge is 0.480 e. The van der Waals surface area contributed by atoms with Gasteiger partial charge in [0.05, 0.1) is 0 Å². The van der Waals surface area contributed by atoms with Crippen LogP contribution in [-0.4, -0.2) is 40.6 Å². The number of aliphatic carboxylic acids is 1. The number of amides is 2. The smallest absolute Gasteiger partial charge is 0.329 e. The molecule has 1 aliphatic carbocycles. The van der Waals surface area contributed by atoms with Crippen molar-refractivity contribution in [1.82, 2.24) is 10.2 Å². The van der Waals surface area contributed by atoms with E-state index < -0.39 is 11.5 Å². The Morgan fingerprint density at radius 3 is 2.53 bits per heavy atom. The second-order valence-electron chi connectivity index (χ2n) is 5.71. The standard InChI is InChI=1S/C14H22N2O3/c1-11-5-7-14(8-6-11,12(17)18)15-13(19)16-9-3-2-4-10-16/h2-3,11H,4-10H2,1H3,(H,15,19)(H,17,18). The molecule has 106 valence electrons. The van der Waals surface area contributed by atoms with Crippen LogP contribution in [0.15, 0.2) is 12.2 Å². The topological polar surface area (TPSA) is 69.6 Å². The lowest BCUT2D eigenvalue weighted by atomic mass is 9.77. The van der Waals surface area contributed by atoms with Gasteiger partial charge in [0.1, 0.15) is 5.54 Å². The Morgan fingerprint density at radius 2 is 2.00 bits per heavy atom. The molecule has 2 rings (SSSR count). The first kappa shape index (κ1) is 13.9. The van der Waals surface area contributed by atoms with Crippen LogP contribution in [0.4, 0.5) is 4.79 Å². The maximum absolute atomic E-state index is 12.2. The number of rotatable bonds is 2. The summed E-state index contributed by atoms with van der Waals surface area (Å²) in [5, 5.41) is 12.3. The van der Waals surface area contributed by atoms with Crippen LogP contribution in [0.3, 0.4) is 0 Å². The molecule has 0 spiro atoms. The summed E-state index contributed by atoms with van der Waals surface area (Å²) in [6, 6.07) is -0.249. The van der Waals surface area contributed by atoms with Gasteiger partial charge in [-0.15, -0.1) is 0 Å². The van der Waals surface area contributed by atoms with E-state index in [2.05, 4.69) is 12.2 Å². The number of urea groups is 1. The fourth-order valence-electron chi connectivity index (χ4n) is 2.76. The van der Waals surface area contributed by atoms with E-state index in [4.69, 9.17) is 0 Å². The fourth-order valence-corrected chi connectivity index (χ4v) is 2.76. The fraction of sp³-hybridized carbons (Fsp3) is 0.714. The van der Waals surface area contributed by atoms with E-state index in [9.17, 15) is 14.7 Å². The molecule has 5 heteroatoms. The third kappa shape index (κ3) is 3.08. The van der Waals surface area contributed by atoms with Gasteiger partial charge >= 0.3 is 12.0 Å². The molecule has 1 saturated carbocycles. The van der Waals surface area contributed by atoms with E-state index >= 15 is 0 Å². The Bertz CT molecular complexity index is 384. The zero-order valence-electron chi connectivity index (χ0n) is 11.4. The number of nitrogens with zero attached hydrogens (tertiary/aromatic N) is 1. The van der Waals surface area contributed by atoms with Crippen LogP contribution in [0, 0.1) is 5.92 Å². The van der Waals surface area contributed by atoms with Crippen LogP contribution in [0.2, 0.25) is 0 Å². The van der Waals surface area contributed by atoms with Crippen molar-refractivity contribution in [2.75, 3.05) is 13.1 Å². The highest BCUT2D eigenvalue weighted by atomic mass is 16.4. The van der Waals surface area contributed by atoms with Crippen LogP contribution in [-0.2, 0) is 4.79 Å². The molecular formula is C14H22N2O3. The van der Waals surface area contributed by atoms with E-state index in [-0.39, 0.29) is 6.03 Å². The van der Waals surface area contributed by atoms with Gasteiger partial charge in [0.15, 0.2) is 0 Å². The molecule has 1 aliphatic heterocycles. The maximum Gasteiger partial charge on any atom is 0.329 e. The lowest BCUT2D eigenvalue weighted by Gasteiger charge is -2.38. The van der Waals surface area contributed by atoms with Crippen LogP contribution >= 0.6 is 0 Å². The third-order valence-corrected chi connectivity index (χ3v) is 4.23. The number of carboxylic acids is 1. The van der Waals surface area contributed by atoms with Crippen LogP contribution in [0.25, 0.3) is 0 Å². The highest BCUT2D eigenvalue weighted by Crippen LogP contribution is 2.32. The Kier molecular flexibility index (Phi) is 4.12. The summed E-state index contributed by atoms with van der Waals surface area (Å²) in [7, 11) is 0. The molecule has 2 N–H and O–H groups in total. The van der Waals surface area contributed by atoms with Gasteiger partial charge in [0, 0.05) is 13.1 Å². The number of carbonyl (C=O) groups is 2. The van der Waals surface area contributed by atoms with E-state index in [1.807, 2.05) is 12.2 Å². The van der Waals surface area contributed by atoms with E-state index in [1.165, 1.54) is 0 Å². The summed E-state index contributed by atoms with van der Waals surface area (Å²) >= 11 is 0. The Balaban J connectivity index is 2.02. The molecular weight excluding hydrogens is 244 g/mol. The molecule has 2 aliphatic rings. The molecule has 5 nitrogen and oxygen atoms in total. The van der Waals surface area contributed by atoms with Gasteiger partial charge in [-0.1, -0.05) is 19.1 Å². The molecule has 1 heterocycles. The minimum absolute atomic E-state index is 0.249. The predicted molar refractivity (Wildman–Crippen MR) is 71.9 cm³/mol. The molecule has 0 aromatic rings. The van der Waals surface area contributed by atoms with Crippen molar-refractivity contribution in [2.24, 2.45) is 5.92 Å². The van der Waals surface area contributed by atoms with Gasteiger partial charge in [0.2, 0.25) is 0 Å². The molecule has 0 aromatic heterocycles. The summed E-state index contributed by atoms with van der Waals surface area (Å²) < 4.78 is 0. The molecule has 0 saturated heterocycles. The summed E-state index contributed by atoms with van der Waals surface area (Å²) in [6.45, 7) is 3.36. The van der Waals surface area contributed by atoms with Crippen molar-refractivity contribution >= 4 is 12.0 Å². The first-order valence-corrected chi connectivity index (χ1v) is 6.99. The molecule has 19 heavy (non-hydrogen) atoms. The van der Waals surface area contributed by atoms with Crippen molar-refractivity contribution in [1.29, 1.82) is 0 Å². The van der Waals surface area contributed by atoms with Crippen molar-refractivity contribution in [3.8, 4) is 0 Å². The average Bonchev–Trinajstić information content (AvgIpc) is 2.42.